The Balaban J connectivity index is 1.66. The maximum atomic E-state index is 12.8. The zero-order valence-electron chi connectivity index (χ0n) is 15.8. The van der Waals surface area contributed by atoms with E-state index in [-0.39, 0.29) is 17.2 Å². The van der Waals surface area contributed by atoms with Crippen LogP contribution in [-0.2, 0) is 4.79 Å². The summed E-state index contributed by atoms with van der Waals surface area (Å²) in [6, 6.07) is 11.6. The summed E-state index contributed by atoms with van der Waals surface area (Å²) in [5.41, 5.74) is 1.34. The maximum absolute atomic E-state index is 12.8. The molecular formula is C21H27N3O2. The van der Waals surface area contributed by atoms with Crippen molar-refractivity contribution in [1.82, 2.24) is 14.4 Å². The molecule has 26 heavy (non-hydrogen) atoms. The molecule has 0 spiro atoms. The molecule has 1 aromatic heterocycles. The lowest BCUT2D eigenvalue weighted by molar-refractivity contribution is -0.139. The fraction of sp³-hybridized carbons (Fsp3) is 0.429. The van der Waals surface area contributed by atoms with Crippen LogP contribution in [0, 0.1) is 5.41 Å². The van der Waals surface area contributed by atoms with Crippen LogP contribution in [0.25, 0.3) is 5.69 Å². The number of carbonyl (C=O) groups is 2. The van der Waals surface area contributed by atoms with Crippen LogP contribution in [0.4, 0.5) is 0 Å². The van der Waals surface area contributed by atoms with Gasteiger partial charge in [0.2, 0.25) is 5.91 Å². The fourth-order valence-electron chi connectivity index (χ4n) is 3.26. The lowest BCUT2D eigenvalue weighted by atomic mass is 9.94. The van der Waals surface area contributed by atoms with E-state index in [1.807, 2.05) is 83.9 Å². The lowest BCUT2D eigenvalue weighted by Crippen LogP contribution is -2.42. The zero-order chi connectivity index (χ0) is 18.7. The van der Waals surface area contributed by atoms with Gasteiger partial charge in [-0.25, -0.2) is 0 Å². The summed E-state index contributed by atoms with van der Waals surface area (Å²) >= 11 is 0. The largest absolute Gasteiger partial charge is 0.340 e. The molecule has 0 aliphatic carbocycles. The van der Waals surface area contributed by atoms with Crippen LogP contribution >= 0.6 is 0 Å². The molecule has 0 unspecified atom stereocenters. The molecule has 1 aliphatic rings. The molecule has 3 rings (SSSR count). The summed E-state index contributed by atoms with van der Waals surface area (Å²) in [4.78, 5) is 29.1. The van der Waals surface area contributed by atoms with Gasteiger partial charge in [0.15, 0.2) is 0 Å². The Hall–Kier alpha value is -2.56. The van der Waals surface area contributed by atoms with Crippen molar-refractivity contribution >= 4 is 11.8 Å². The molecule has 138 valence electrons. The number of carbonyl (C=O) groups excluding carboxylic acids is 2. The number of hydrogen-bond donors (Lipinski definition) is 0. The molecule has 0 saturated carbocycles. The Bertz CT molecular complexity index is 758. The van der Waals surface area contributed by atoms with Crippen LogP contribution in [0.2, 0.25) is 0 Å². The van der Waals surface area contributed by atoms with E-state index < -0.39 is 0 Å². The van der Waals surface area contributed by atoms with Crippen molar-refractivity contribution in [2.45, 2.75) is 27.2 Å². The molecule has 2 heterocycles. The fourth-order valence-corrected chi connectivity index (χ4v) is 3.26. The van der Waals surface area contributed by atoms with E-state index in [0.29, 0.717) is 31.7 Å². The second-order valence-electron chi connectivity index (χ2n) is 7.83. The highest BCUT2D eigenvalue weighted by atomic mass is 16.2. The first kappa shape index (κ1) is 18.2. The van der Waals surface area contributed by atoms with Crippen LogP contribution in [0.15, 0.2) is 48.8 Å². The molecule has 0 bridgehead atoms. The van der Waals surface area contributed by atoms with Crippen molar-refractivity contribution in [2.75, 3.05) is 26.2 Å². The van der Waals surface area contributed by atoms with E-state index in [1.165, 1.54) is 0 Å². The number of hydrogen-bond acceptors (Lipinski definition) is 2. The first-order valence-electron chi connectivity index (χ1n) is 9.18. The molecule has 5 nitrogen and oxygen atoms in total. The summed E-state index contributed by atoms with van der Waals surface area (Å²) < 4.78 is 2.01. The third-order valence-electron chi connectivity index (χ3n) is 4.73. The van der Waals surface area contributed by atoms with Crippen molar-refractivity contribution in [3.8, 4) is 5.69 Å². The van der Waals surface area contributed by atoms with Gasteiger partial charge in [-0.15, -0.1) is 0 Å². The van der Waals surface area contributed by atoms with E-state index in [9.17, 15) is 9.59 Å². The lowest BCUT2D eigenvalue weighted by Gasteiger charge is -2.28. The number of benzene rings is 1. The predicted molar refractivity (Wildman–Crippen MR) is 102 cm³/mol. The van der Waals surface area contributed by atoms with E-state index >= 15 is 0 Å². The summed E-state index contributed by atoms with van der Waals surface area (Å²) in [7, 11) is 0. The molecule has 1 saturated heterocycles. The number of nitrogens with zero attached hydrogens (tertiary/aromatic N) is 3. The van der Waals surface area contributed by atoms with Crippen molar-refractivity contribution in [3.05, 3.63) is 54.4 Å². The van der Waals surface area contributed by atoms with Gasteiger partial charge in [-0.1, -0.05) is 20.8 Å². The molecule has 2 amide bonds. The van der Waals surface area contributed by atoms with E-state index in [4.69, 9.17) is 0 Å². The van der Waals surface area contributed by atoms with E-state index in [1.54, 1.807) is 0 Å². The Morgan fingerprint density at radius 2 is 1.42 bits per heavy atom. The second kappa shape index (κ2) is 7.36. The van der Waals surface area contributed by atoms with Gasteiger partial charge in [0.1, 0.15) is 0 Å². The summed E-state index contributed by atoms with van der Waals surface area (Å²) in [5, 5.41) is 0. The standard InChI is InChI=1S/C21H27N3O2/c1-21(2,3)20(26)24-14-6-13-23(15-16-24)19(25)17-7-9-18(10-8-17)22-11-4-5-12-22/h4-5,7-12H,6,13-16H2,1-3H3. The maximum Gasteiger partial charge on any atom is 0.253 e. The average molecular weight is 353 g/mol. The van der Waals surface area contributed by atoms with Crippen molar-refractivity contribution in [1.29, 1.82) is 0 Å². The highest BCUT2D eigenvalue weighted by Crippen LogP contribution is 2.19. The SMILES string of the molecule is CC(C)(C)C(=O)N1CCCN(C(=O)c2ccc(-n3cccc3)cc2)CC1. The van der Waals surface area contributed by atoms with Gasteiger partial charge in [-0.05, 0) is 42.8 Å². The van der Waals surface area contributed by atoms with E-state index in [0.717, 1.165) is 12.1 Å². The van der Waals surface area contributed by atoms with Crippen LogP contribution in [0.1, 0.15) is 37.6 Å². The van der Waals surface area contributed by atoms with Crippen LogP contribution < -0.4 is 0 Å². The van der Waals surface area contributed by atoms with Crippen molar-refractivity contribution < 1.29 is 9.59 Å². The van der Waals surface area contributed by atoms with Gasteiger partial charge < -0.3 is 14.4 Å². The van der Waals surface area contributed by atoms with Gasteiger partial charge in [0, 0.05) is 55.2 Å². The molecule has 2 aromatic rings. The van der Waals surface area contributed by atoms with Gasteiger partial charge in [-0.3, -0.25) is 9.59 Å². The Morgan fingerprint density at radius 1 is 0.846 bits per heavy atom. The predicted octanol–water partition coefficient (Wildman–Crippen LogP) is 3.20. The quantitative estimate of drug-likeness (QED) is 0.832. The van der Waals surface area contributed by atoms with E-state index in [2.05, 4.69) is 0 Å². The number of rotatable bonds is 2. The van der Waals surface area contributed by atoms with Gasteiger partial charge in [-0.2, -0.15) is 0 Å². The number of aromatic nitrogens is 1. The minimum atomic E-state index is -0.381. The molecule has 0 atom stereocenters. The monoisotopic (exact) mass is 353 g/mol. The zero-order valence-corrected chi connectivity index (χ0v) is 15.8. The highest BCUT2D eigenvalue weighted by molar-refractivity contribution is 5.94. The molecule has 0 N–H and O–H groups in total. The van der Waals surface area contributed by atoms with Gasteiger partial charge in [0.25, 0.3) is 5.91 Å². The third kappa shape index (κ3) is 3.98. The molecule has 1 aliphatic heterocycles. The Labute approximate surface area is 155 Å². The third-order valence-corrected chi connectivity index (χ3v) is 4.73. The second-order valence-corrected chi connectivity index (χ2v) is 7.83. The normalized spacial score (nSPS) is 15.7. The minimum absolute atomic E-state index is 0.0362. The summed E-state index contributed by atoms with van der Waals surface area (Å²) in [6.45, 7) is 8.40. The first-order chi connectivity index (χ1) is 12.4. The summed E-state index contributed by atoms with van der Waals surface area (Å²) in [6.07, 6.45) is 4.77. The van der Waals surface area contributed by atoms with Crippen LogP contribution in [0.5, 0.6) is 0 Å². The van der Waals surface area contributed by atoms with Crippen LogP contribution in [-0.4, -0.2) is 52.4 Å². The molecule has 0 radical (unpaired) electrons. The first-order valence-corrected chi connectivity index (χ1v) is 9.18. The molecule has 1 fully saturated rings. The van der Waals surface area contributed by atoms with Gasteiger partial charge >= 0.3 is 0 Å². The molecular weight excluding hydrogens is 326 g/mol. The number of amides is 2. The smallest absolute Gasteiger partial charge is 0.253 e. The summed E-state index contributed by atoms with van der Waals surface area (Å²) in [5.74, 6) is 0.192. The minimum Gasteiger partial charge on any atom is -0.340 e. The van der Waals surface area contributed by atoms with Crippen LogP contribution in [0.3, 0.4) is 0 Å². The molecule has 1 aromatic carbocycles. The molecule has 5 heteroatoms. The topological polar surface area (TPSA) is 45.6 Å². The van der Waals surface area contributed by atoms with Gasteiger partial charge in [0.05, 0.1) is 0 Å². The Kier molecular flexibility index (Phi) is 5.16. The van der Waals surface area contributed by atoms with Crippen molar-refractivity contribution in [3.63, 3.8) is 0 Å². The Morgan fingerprint density at radius 3 is 2.04 bits per heavy atom. The highest BCUT2D eigenvalue weighted by Gasteiger charge is 2.29. The van der Waals surface area contributed by atoms with Crippen molar-refractivity contribution in [2.24, 2.45) is 5.41 Å². The average Bonchev–Trinajstić information content (AvgIpc) is 3.05.